The first-order valence-electron chi connectivity index (χ1n) is 6.99. The SMILES string of the molecule is O=C1NCCOc2ccc(C(O)C3CCCC3)cc21. The number of aliphatic hydroxyl groups is 1. The van der Waals surface area contributed by atoms with Gasteiger partial charge >= 0.3 is 0 Å². The summed E-state index contributed by atoms with van der Waals surface area (Å²) in [4.78, 5) is 11.9. The van der Waals surface area contributed by atoms with Gasteiger partial charge in [0, 0.05) is 0 Å². The van der Waals surface area contributed by atoms with E-state index in [1.165, 1.54) is 12.8 Å². The summed E-state index contributed by atoms with van der Waals surface area (Å²) in [6.45, 7) is 1.01. The van der Waals surface area contributed by atoms with Gasteiger partial charge < -0.3 is 15.2 Å². The Bertz CT molecular complexity index is 480. The molecule has 0 saturated heterocycles. The minimum Gasteiger partial charge on any atom is -0.491 e. The predicted octanol–water partition coefficient (Wildman–Crippen LogP) is 2.03. The van der Waals surface area contributed by atoms with E-state index in [9.17, 15) is 9.90 Å². The van der Waals surface area contributed by atoms with E-state index in [-0.39, 0.29) is 5.91 Å². The number of ether oxygens (including phenoxy) is 1. The molecule has 1 aromatic rings. The summed E-state index contributed by atoms with van der Waals surface area (Å²) in [5, 5.41) is 13.2. The van der Waals surface area contributed by atoms with Crippen molar-refractivity contribution in [3.05, 3.63) is 29.3 Å². The Morgan fingerprint density at radius 3 is 2.89 bits per heavy atom. The summed E-state index contributed by atoms with van der Waals surface area (Å²) >= 11 is 0. The molecule has 0 radical (unpaired) electrons. The smallest absolute Gasteiger partial charge is 0.255 e. The normalized spacial score (nSPS) is 21.2. The second kappa shape index (κ2) is 5.21. The second-order valence-corrected chi connectivity index (χ2v) is 5.35. The molecule has 19 heavy (non-hydrogen) atoms. The molecule has 1 aromatic carbocycles. The van der Waals surface area contributed by atoms with E-state index in [0.717, 1.165) is 18.4 Å². The summed E-state index contributed by atoms with van der Waals surface area (Å²) in [6.07, 6.45) is 4.05. The van der Waals surface area contributed by atoms with Crippen molar-refractivity contribution in [2.75, 3.05) is 13.2 Å². The van der Waals surface area contributed by atoms with Crippen LogP contribution in [-0.2, 0) is 0 Å². The largest absolute Gasteiger partial charge is 0.491 e. The highest BCUT2D eigenvalue weighted by molar-refractivity contribution is 5.97. The van der Waals surface area contributed by atoms with Crippen molar-refractivity contribution in [1.29, 1.82) is 0 Å². The summed E-state index contributed by atoms with van der Waals surface area (Å²) in [7, 11) is 0. The van der Waals surface area contributed by atoms with E-state index < -0.39 is 6.10 Å². The van der Waals surface area contributed by atoms with Crippen LogP contribution in [-0.4, -0.2) is 24.2 Å². The van der Waals surface area contributed by atoms with Crippen molar-refractivity contribution in [2.45, 2.75) is 31.8 Å². The van der Waals surface area contributed by atoms with E-state index >= 15 is 0 Å². The van der Waals surface area contributed by atoms with Gasteiger partial charge in [0.05, 0.1) is 18.2 Å². The molecule has 1 aliphatic carbocycles. The Balaban J connectivity index is 1.89. The number of carbonyl (C=O) groups excluding carboxylic acids is 1. The van der Waals surface area contributed by atoms with Crippen LogP contribution in [0.4, 0.5) is 0 Å². The van der Waals surface area contributed by atoms with Crippen molar-refractivity contribution < 1.29 is 14.6 Å². The van der Waals surface area contributed by atoms with Gasteiger partial charge in [-0.25, -0.2) is 0 Å². The molecule has 0 bridgehead atoms. The lowest BCUT2D eigenvalue weighted by molar-refractivity contribution is 0.0955. The van der Waals surface area contributed by atoms with E-state index in [2.05, 4.69) is 5.32 Å². The van der Waals surface area contributed by atoms with Gasteiger partial charge in [-0.2, -0.15) is 0 Å². The second-order valence-electron chi connectivity index (χ2n) is 5.35. The fourth-order valence-electron chi connectivity index (χ4n) is 3.00. The van der Waals surface area contributed by atoms with Gasteiger partial charge in [-0.3, -0.25) is 4.79 Å². The number of fused-ring (bicyclic) bond motifs is 1. The molecule has 3 rings (SSSR count). The third-order valence-corrected chi connectivity index (χ3v) is 4.08. The van der Waals surface area contributed by atoms with Crippen molar-refractivity contribution >= 4 is 5.91 Å². The molecule has 1 saturated carbocycles. The molecule has 4 nitrogen and oxygen atoms in total. The molecule has 4 heteroatoms. The fraction of sp³-hybridized carbons (Fsp3) is 0.533. The molecule has 0 spiro atoms. The maximum Gasteiger partial charge on any atom is 0.255 e. The maximum absolute atomic E-state index is 11.9. The Kier molecular flexibility index (Phi) is 3.42. The average molecular weight is 261 g/mol. The first-order valence-corrected chi connectivity index (χ1v) is 6.99. The van der Waals surface area contributed by atoms with Gasteiger partial charge in [-0.05, 0) is 36.5 Å². The van der Waals surface area contributed by atoms with Crippen LogP contribution in [0.25, 0.3) is 0 Å². The van der Waals surface area contributed by atoms with Gasteiger partial charge in [-0.15, -0.1) is 0 Å². The standard InChI is InChI=1S/C15H19NO3/c17-14(10-3-1-2-4-10)11-5-6-13-12(9-11)15(18)16-7-8-19-13/h5-6,9-10,14,17H,1-4,7-8H2,(H,16,18). The molecule has 0 aromatic heterocycles. The first-order chi connectivity index (χ1) is 9.25. The topological polar surface area (TPSA) is 58.6 Å². The number of hydrogen-bond donors (Lipinski definition) is 2. The number of rotatable bonds is 2. The number of aliphatic hydroxyl groups excluding tert-OH is 1. The van der Waals surface area contributed by atoms with Gasteiger partial charge in [-0.1, -0.05) is 18.9 Å². The quantitative estimate of drug-likeness (QED) is 0.856. The molecule has 2 N–H and O–H groups in total. The van der Waals surface area contributed by atoms with Crippen molar-refractivity contribution in [1.82, 2.24) is 5.32 Å². The van der Waals surface area contributed by atoms with E-state index in [1.54, 1.807) is 12.1 Å². The zero-order valence-electron chi connectivity index (χ0n) is 10.9. The van der Waals surface area contributed by atoms with Gasteiger partial charge in [0.2, 0.25) is 0 Å². The summed E-state index contributed by atoms with van der Waals surface area (Å²) < 4.78 is 5.51. The molecule has 1 amide bonds. The molecule has 1 heterocycles. The van der Waals surface area contributed by atoms with Crippen LogP contribution in [0.15, 0.2) is 18.2 Å². The van der Waals surface area contributed by atoms with E-state index in [1.807, 2.05) is 6.07 Å². The van der Waals surface area contributed by atoms with Crippen molar-refractivity contribution in [2.24, 2.45) is 5.92 Å². The van der Waals surface area contributed by atoms with Crippen LogP contribution < -0.4 is 10.1 Å². The number of carbonyl (C=O) groups is 1. The molecular weight excluding hydrogens is 242 g/mol. The van der Waals surface area contributed by atoms with E-state index in [4.69, 9.17) is 4.74 Å². The van der Waals surface area contributed by atoms with Crippen LogP contribution in [0.3, 0.4) is 0 Å². The van der Waals surface area contributed by atoms with Crippen molar-refractivity contribution in [3.63, 3.8) is 0 Å². The Labute approximate surface area is 112 Å². The Morgan fingerprint density at radius 2 is 2.11 bits per heavy atom. The molecule has 1 atom stereocenters. The highest BCUT2D eigenvalue weighted by atomic mass is 16.5. The van der Waals surface area contributed by atoms with Crippen LogP contribution in [0.2, 0.25) is 0 Å². The highest BCUT2D eigenvalue weighted by Crippen LogP contribution is 2.36. The molecule has 102 valence electrons. The summed E-state index contributed by atoms with van der Waals surface area (Å²) in [5.74, 6) is 0.818. The minimum absolute atomic E-state index is 0.118. The van der Waals surface area contributed by atoms with E-state index in [0.29, 0.717) is 30.4 Å². The number of amides is 1. The number of nitrogens with one attached hydrogen (secondary N) is 1. The Morgan fingerprint density at radius 1 is 1.32 bits per heavy atom. The predicted molar refractivity (Wildman–Crippen MR) is 71.2 cm³/mol. The van der Waals surface area contributed by atoms with Crippen LogP contribution >= 0.6 is 0 Å². The lowest BCUT2D eigenvalue weighted by atomic mass is 9.93. The van der Waals surface area contributed by atoms with Gasteiger partial charge in [0.1, 0.15) is 12.4 Å². The Hall–Kier alpha value is -1.55. The van der Waals surface area contributed by atoms with Crippen LogP contribution in [0.1, 0.15) is 47.7 Å². The van der Waals surface area contributed by atoms with Crippen LogP contribution in [0, 0.1) is 5.92 Å². The van der Waals surface area contributed by atoms with Gasteiger partial charge in [0.25, 0.3) is 5.91 Å². The third-order valence-electron chi connectivity index (χ3n) is 4.08. The average Bonchev–Trinajstić information content (AvgIpc) is 2.90. The number of hydrogen-bond acceptors (Lipinski definition) is 3. The maximum atomic E-state index is 11.9. The molecule has 1 fully saturated rings. The molecular formula is C15H19NO3. The first kappa shape index (κ1) is 12.5. The zero-order valence-corrected chi connectivity index (χ0v) is 10.9. The van der Waals surface area contributed by atoms with Crippen LogP contribution in [0.5, 0.6) is 5.75 Å². The lowest BCUT2D eigenvalue weighted by Crippen LogP contribution is -2.24. The lowest BCUT2D eigenvalue weighted by Gasteiger charge is -2.19. The summed E-state index contributed by atoms with van der Waals surface area (Å²) in [6, 6.07) is 5.45. The number of benzene rings is 1. The molecule has 2 aliphatic rings. The van der Waals surface area contributed by atoms with Crippen molar-refractivity contribution in [3.8, 4) is 5.75 Å². The minimum atomic E-state index is -0.469. The zero-order chi connectivity index (χ0) is 13.2. The fourth-order valence-corrected chi connectivity index (χ4v) is 3.00. The van der Waals surface area contributed by atoms with Gasteiger partial charge in [0.15, 0.2) is 0 Å². The third kappa shape index (κ3) is 2.45. The molecule has 1 unspecified atom stereocenters. The summed E-state index contributed by atoms with van der Waals surface area (Å²) in [5.41, 5.74) is 1.36. The highest BCUT2D eigenvalue weighted by Gasteiger charge is 2.26. The molecule has 1 aliphatic heterocycles. The monoisotopic (exact) mass is 261 g/mol.